The van der Waals surface area contributed by atoms with E-state index in [1.54, 1.807) is 0 Å². The number of alkyl halides is 5. The van der Waals surface area contributed by atoms with Crippen LogP contribution in [0.1, 0.15) is 17.6 Å². The molecule has 0 radical (unpaired) electrons. The zero-order valence-corrected chi connectivity index (χ0v) is 8.82. The fourth-order valence-electron chi connectivity index (χ4n) is 1.12. The highest BCUT2D eigenvalue weighted by molar-refractivity contribution is 6.30. The molecular weight excluding hydrogens is 271 g/mol. The van der Waals surface area contributed by atoms with Crippen LogP contribution in [0.4, 0.5) is 22.0 Å². The molecule has 1 aromatic rings. The van der Waals surface area contributed by atoms with Crippen molar-refractivity contribution in [3.63, 3.8) is 0 Å². The molecule has 0 bridgehead atoms. The van der Waals surface area contributed by atoms with E-state index in [4.69, 9.17) is 17.3 Å². The summed E-state index contributed by atoms with van der Waals surface area (Å²) >= 11 is 5.34. The van der Waals surface area contributed by atoms with E-state index in [9.17, 15) is 22.0 Å². The van der Waals surface area contributed by atoms with Gasteiger partial charge in [-0.05, 0) is 5.56 Å². The van der Waals surface area contributed by atoms with Crippen LogP contribution < -0.4 is 10.5 Å². The predicted molar refractivity (Wildman–Crippen MR) is 48.8 cm³/mol. The van der Waals surface area contributed by atoms with Gasteiger partial charge in [0.2, 0.25) is 5.88 Å². The maximum atomic E-state index is 12.5. The second kappa shape index (κ2) is 5.01. The molecule has 96 valence electrons. The standard InChI is InChI=1S/C8H6ClF5N2O/c9-6-5(7(10)11)3(2-15)1-4(16-6)17-8(12,13)14/h1,7H,2,15H2. The lowest BCUT2D eigenvalue weighted by atomic mass is 10.1. The van der Waals surface area contributed by atoms with Gasteiger partial charge >= 0.3 is 6.36 Å². The summed E-state index contributed by atoms with van der Waals surface area (Å²) in [6.07, 6.45) is -7.96. The van der Waals surface area contributed by atoms with Gasteiger partial charge in [0.1, 0.15) is 5.15 Å². The van der Waals surface area contributed by atoms with Crippen LogP contribution in [-0.2, 0) is 6.54 Å². The Balaban J connectivity index is 3.18. The number of rotatable bonds is 3. The molecule has 1 rings (SSSR count). The zero-order valence-electron chi connectivity index (χ0n) is 8.06. The molecule has 0 aliphatic heterocycles. The van der Waals surface area contributed by atoms with Crippen molar-refractivity contribution in [2.24, 2.45) is 5.73 Å². The van der Waals surface area contributed by atoms with Crippen molar-refractivity contribution in [3.8, 4) is 5.88 Å². The third-order valence-electron chi connectivity index (χ3n) is 1.73. The molecule has 0 aliphatic carbocycles. The van der Waals surface area contributed by atoms with Crippen LogP contribution in [0.2, 0.25) is 5.15 Å². The first-order chi connectivity index (χ1) is 7.74. The summed E-state index contributed by atoms with van der Waals surface area (Å²) in [7, 11) is 0. The number of nitrogens with two attached hydrogens (primary N) is 1. The topological polar surface area (TPSA) is 48.1 Å². The maximum absolute atomic E-state index is 12.5. The minimum atomic E-state index is -4.98. The number of aromatic nitrogens is 1. The second-order valence-electron chi connectivity index (χ2n) is 2.88. The molecule has 1 heterocycles. The Morgan fingerprint density at radius 2 is 2.00 bits per heavy atom. The average molecular weight is 277 g/mol. The molecule has 0 unspecified atom stereocenters. The number of nitrogens with zero attached hydrogens (tertiary/aromatic N) is 1. The first-order valence-electron chi connectivity index (χ1n) is 4.18. The lowest BCUT2D eigenvalue weighted by molar-refractivity contribution is -0.276. The molecule has 0 saturated carbocycles. The van der Waals surface area contributed by atoms with Gasteiger partial charge in [-0.25, -0.2) is 13.8 Å². The fraction of sp³-hybridized carbons (Fsp3) is 0.375. The van der Waals surface area contributed by atoms with Crippen molar-refractivity contribution in [2.75, 3.05) is 0 Å². The molecule has 3 nitrogen and oxygen atoms in total. The van der Waals surface area contributed by atoms with E-state index < -0.39 is 35.9 Å². The van der Waals surface area contributed by atoms with Crippen molar-refractivity contribution in [2.45, 2.75) is 19.3 Å². The van der Waals surface area contributed by atoms with Crippen LogP contribution >= 0.6 is 11.6 Å². The van der Waals surface area contributed by atoms with Crippen LogP contribution in [0.3, 0.4) is 0 Å². The number of hydrogen-bond acceptors (Lipinski definition) is 3. The number of halogens is 6. The molecule has 9 heteroatoms. The van der Waals surface area contributed by atoms with E-state index in [0.29, 0.717) is 6.07 Å². The van der Waals surface area contributed by atoms with Gasteiger partial charge < -0.3 is 10.5 Å². The SMILES string of the molecule is NCc1cc(OC(F)(F)F)nc(Cl)c1C(F)F. The zero-order chi connectivity index (χ0) is 13.2. The quantitative estimate of drug-likeness (QED) is 0.682. The van der Waals surface area contributed by atoms with E-state index in [0.717, 1.165) is 0 Å². The molecule has 17 heavy (non-hydrogen) atoms. The van der Waals surface area contributed by atoms with Gasteiger partial charge in [-0.3, -0.25) is 0 Å². The molecule has 0 amide bonds. The van der Waals surface area contributed by atoms with Crippen molar-refractivity contribution >= 4 is 11.6 Å². The Morgan fingerprint density at radius 3 is 2.41 bits per heavy atom. The Kier molecular flexibility index (Phi) is 4.10. The van der Waals surface area contributed by atoms with E-state index >= 15 is 0 Å². The summed E-state index contributed by atoms with van der Waals surface area (Å²) in [5.41, 5.74) is 4.19. The fourth-order valence-corrected chi connectivity index (χ4v) is 1.41. The lowest BCUT2D eigenvalue weighted by Gasteiger charge is -2.12. The largest absolute Gasteiger partial charge is 0.574 e. The Bertz CT molecular complexity index is 410. The molecule has 0 spiro atoms. The summed E-state index contributed by atoms with van der Waals surface area (Å²) in [6.45, 7) is -0.407. The molecule has 0 fully saturated rings. The monoisotopic (exact) mass is 276 g/mol. The summed E-state index contributed by atoms with van der Waals surface area (Å²) in [4.78, 5) is 3.08. The first-order valence-corrected chi connectivity index (χ1v) is 4.55. The van der Waals surface area contributed by atoms with Crippen molar-refractivity contribution in [3.05, 3.63) is 22.3 Å². The lowest BCUT2D eigenvalue weighted by Crippen LogP contribution is -2.18. The van der Waals surface area contributed by atoms with Crippen LogP contribution in [0.25, 0.3) is 0 Å². The van der Waals surface area contributed by atoms with Gasteiger partial charge in [0, 0.05) is 12.6 Å². The van der Waals surface area contributed by atoms with E-state index in [-0.39, 0.29) is 5.56 Å². The molecule has 0 atom stereocenters. The van der Waals surface area contributed by atoms with Crippen LogP contribution in [0, 0.1) is 0 Å². The normalized spacial score (nSPS) is 12.0. The molecule has 1 aromatic heterocycles. The van der Waals surface area contributed by atoms with E-state index in [2.05, 4.69) is 9.72 Å². The highest BCUT2D eigenvalue weighted by Gasteiger charge is 2.32. The third-order valence-corrected chi connectivity index (χ3v) is 2.02. The van der Waals surface area contributed by atoms with Gasteiger partial charge in [-0.1, -0.05) is 11.6 Å². The summed E-state index contributed by atoms with van der Waals surface area (Å²) in [5.74, 6) is -0.924. The maximum Gasteiger partial charge on any atom is 0.574 e. The molecule has 0 saturated heterocycles. The molecular formula is C8H6ClF5N2O. The summed E-state index contributed by atoms with van der Waals surface area (Å²) in [6, 6.07) is 0.681. The van der Waals surface area contributed by atoms with E-state index in [1.165, 1.54) is 0 Å². The number of pyridine rings is 1. The van der Waals surface area contributed by atoms with Gasteiger partial charge in [0.15, 0.2) is 0 Å². The minimum absolute atomic E-state index is 0.251. The van der Waals surface area contributed by atoms with Crippen LogP contribution in [0.5, 0.6) is 5.88 Å². The van der Waals surface area contributed by atoms with E-state index in [1.807, 2.05) is 0 Å². The summed E-state index contributed by atoms with van der Waals surface area (Å²) in [5, 5.41) is -0.762. The van der Waals surface area contributed by atoms with Gasteiger partial charge in [-0.15, -0.1) is 13.2 Å². The third kappa shape index (κ3) is 3.67. The number of hydrogen-bond donors (Lipinski definition) is 1. The van der Waals surface area contributed by atoms with Gasteiger partial charge in [0.25, 0.3) is 6.43 Å². The summed E-state index contributed by atoms with van der Waals surface area (Å²) < 4.78 is 64.1. The van der Waals surface area contributed by atoms with Crippen molar-refractivity contribution in [1.82, 2.24) is 4.98 Å². The molecule has 0 aliphatic rings. The van der Waals surface area contributed by atoms with Crippen molar-refractivity contribution in [1.29, 1.82) is 0 Å². The van der Waals surface area contributed by atoms with Gasteiger partial charge in [-0.2, -0.15) is 0 Å². The Hall–Kier alpha value is -1.15. The highest BCUT2D eigenvalue weighted by Crippen LogP contribution is 2.32. The van der Waals surface area contributed by atoms with Gasteiger partial charge in [0.05, 0.1) is 5.56 Å². The number of ether oxygens (including phenoxy) is 1. The Labute approximate surface area is 97.3 Å². The average Bonchev–Trinajstić information content (AvgIpc) is 2.12. The van der Waals surface area contributed by atoms with Crippen LogP contribution in [-0.4, -0.2) is 11.3 Å². The molecule has 0 aromatic carbocycles. The highest BCUT2D eigenvalue weighted by atomic mass is 35.5. The Morgan fingerprint density at radius 1 is 1.41 bits per heavy atom. The minimum Gasteiger partial charge on any atom is -0.388 e. The predicted octanol–water partition coefficient (Wildman–Crippen LogP) is 3.03. The van der Waals surface area contributed by atoms with Crippen LogP contribution in [0.15, 0.2) is 6.07 Å². The smallest absolute Gasteiger partial charge is 0.388 e. The first kappa shape index (κ1) is 13.9. The van der Waals surface area contributed by atoms with Crippen molar-refractivity contribution < 1.29 is 26.7 Å². The second-order valence-corrected chi connectivity index (χ2v) is 3.23. The molecule has 2 N–H and O–H groups in total.